The van der Waals surface area contributed by atoms with Crippen molar-refractivity contribution in [1.82, 2.24) is 4.98 Å². The minimum absolute atomic E-state index is 0.250. The van der Waals surface area contributed by atoms with Crippen LogP contribution >= 0.6 is 0 Å². The Morgan fingerprint density at radius 2 is 1.83 bits per heavy atom. The number of hydrogen-bond acceptors (Lipinski definition) is 4. The van der Waals surface area contributed by atoms with Crippen molar-refractivity contribution in [2.24, 2.45) is 10.7 Å². The maximum Gasteiger partial charge on any atom is 0.300 e. The van der Waals surface area contributed by atoms with Crippen LogP contribution in [0.1, 0.15) is 12.5 Å². The third-order valence-electron chi connectivity index (χ3n) is 3.81. The number of aromatic nitrogens is 1. The SMILES string of the molecule is CC(=O)O.COc1ccccc1CN=C(N)Nc1cc(-c2ccc(F)cc2)ccn1. The monoisotopic (exact) mass is 410 g/mol. The number of rotatable bonds is 5. The van der Waals surface area contributed by atoms with Gasteiger partial charge in [0.25, 0.3) is 5.97 Å². The Morgan fingerprint density at radius 3 is 2.50 bits per heavy atom. The number of methoxy groups -OCH3 is 1. The van der Waals surface area contributed by atoms with Crippen LogP contribution in [0.5, 0.6) is 5.75 Å². The lowest BCUT2D eigenvalue weighted by molar-refractivity contribution is -0.134. The summed E-state index contributed by atoms with van der Waals surface area (Å²) in [6.45, 7) is 1.47. The van der Waals surface area contributed by atoms with Gasteiger partial charge in [0.05, 0.1) is 13.7 Å². The minimum atomic E-state index is -0.833. The molecule has 1 aromatic heterocycles. The Kier molecular flexibility index (Phi) is 8.31. The number of hydrogen-bond donors (Lipinski definition) is 3. The number of aliphatic imine (C=N–C) groups is 1. The zero-order valence-electron chi connectivity index (χ0n) is 16.7. The van der Waals surface area contributed by atoms with Crippen molar-refractivity contribution in [1.29, 1.82) is 0 Å². The lowest BCUT2D eigenvalue weighted by Crippen LogP contribution is -2.23. The van der Waals surface area contributed by atoms with Crippen LogP contribution in [0.3, 0.4) is 0 Å². The number of para-hydroxylation sites is 1. The number of carbonyl (C=O) groups is 1. The van der Waals surface area contributed by atoms with Crippen molar-refractivity contribution in [3.05, 3.63) is 78.2 Å². The Labute approximate surface area is 174 Å². The molecular formula is C22H23FN4O3. The van der Waals surface area contributed by atoms with Crippen LogP contribution < -0.4 is 15.8 Å². The lowest BCUT2D eigenvalue weighted by Gasteiger charge is -2.08. The van der Waals surface area contributed by atoms with Gasteiger partial charge in [-0.2, -0.15) is 0 Å². The van der Waals surface area contributed by atoms with Crippen LogP contribution in [0, 0.1) is 5.82 Å². The average molecular weight is 410 g/mol. The van der Waals surface area contributed by atoms with Crippen molar-refractivity contribution in [2.75, 3.05) is 12.4 Å². The zero-order valence-corrected chi connectivity index (χ0v) is 16.7. The molecule has 156 valence electrons. The molecule has 0 fully saturated rings. The number of guanidine groups is 1. The molecule has 0 spiro atoms. The molecule has 0 aliphatic carbocycles. The third-order valence-corrected chi connectivity index (χ3v) is 3.81. The van der Waals surface area contributed by atoms with Gasteiger partial charge in [0.1, 0.15) is 17.4 Å². The van der Waals surface area contributed by atoms with Gasteiger partial charge < -0.3 is 20.9 Å². The second-order valence-corrected chi connectivity index (χ2v) is 6.09. The highest BCUT2D eigenvalue weighted by Gasteiger charge is 2.04. The summed E-state index contributed by atoms with van der Waals surface area (Å²) in [5, 5.41) is 10.4. The van der Waals surface area contributed by atoms with Gasteiger partial charge >= 0.3 is 0 Å². The molecule has 30 heavy (non-hydrogen) atoms. The Bertz CT molecular complexity index is 1000. The Morgan fingerprint density at radius 1 is 1.17 bits per heavy atom. The van der Waals surface area contributed by atoms with Crippen molar-refractivity contribution in [3.8, 4) is 16.9 Å². The summed E-state index contributed by atoms with van der Waals surface area (Å²) in [4.78, 5) is 17.6. The van der Waals surface area contributed by atoms with Crippen LogP contribution in [-0.4, -0.2) is 29.1 Å². The van der Waals surface area contributed by atoms with Gasteiger partial charge in [0.15, 0.2) is 5.96 Å². The zero-order chi connectivity index (χ0) is 21.9. The molecular weight excluding hydrogens is 387 g/mol. The molecule has 0 bridgehead atoms. The van der Waals surface area contributed by atoms with Crippen molar-refractivity contribution in [3.63, 3.8) is 0 Å². The summed E-state index contributed by atoms with van der Waals surface area (Å²) < 4.78 is 18.4. The molecule has 0 atom stereocenters. The number of ether oxygens (including phenoxy) is 1. The molecule has 1 heterocycles. The van der Waals surface area contributed by atoms with E-state index in [1.807, 2.05) is 36.4 Å². The average Bonchev–Trinajstić information content (AvgIpc) is 2.73. The molecule has 7 nitrogen and oxygen atoms in total. The maximum absolute atomic E-state index is 13.1. The van der Waals surface area contributed by atoms with E-state index in [1.165, 1.54) is 12.1 Å². The molecule has 4 N–H and O–H groups in total. The fraction of sp³-hybridized carbons (Fsp3) is 0.136. The van der Waals surface area contributed by atoms with Gasteiger partial charge in [-0.25, -0.2) is 14.4 Å². The molecule has 0 saturated heterocycles. The molecule has 3 rings (SSSR count). The van der Waals surface area contributed by atoms with Gasteiger partial charge in [0, 0.05) is 18.7 Å². The summed E-state index contributed by atoms with van der Waals surface area (Å²) in [6, 6.07) is 17.6. The molecule has 0 saturated carbocycles. The van der Waals surface area contributed by atoms with E-state index < -0.39 is 5.97 Å². The van der Waals surface area contributed by atoms with Crippen molar-refractivity contribution >= 4 is 17.7 Å². The van der Waals surface area contributed by atoms with Crippen LogP contribution in [0.15, 0.2) is 71.9 Å². The smallest absolute Gasteiger partial charge is 0.300 e. The number of nitrogens with two attached hydrogens (primary N) is 1. The molecule has 2 aromatic carbocycles. The summed E-state index contributed by atoms with van der Waals surface area (Å²) in [5.74, 6) is 0.474. The second-order valence-electron chi connectivity index (χ2n) is 6.09. The van der Waals surface area contributed by atoms with E-state index in [1.54, 1.807) is 25.4 Å². The number of aliphatic carboxylic acids is 1. The van der Waals surface area contributed by atoms with E-state index in [9.17, 15) is 4.39 Å². The summed E-state index contributed by atoms with van der Waals surface area (Å²) in [6.07, 6.45) is 1.66. The minimum Gasteiger partial charge on any atom is -0.496 e. The molecule has 0 aliphatic rings. The highest BCUT2D eigenvalue weighted by Crippen LogP contribution is 2.21. The van der Waals surface area contributed by atoms with Crippen LogP contribution in [0.2, 0.25) is 0 Å². The molecule has 0 unspecified atom stereocenters. The molecule has 0 amide bonds. The highest BCUT2D eigenvalue weighted by atomic mass is 19.1. The first-order valence-corrected chi connectivity index (χ1v) is 8.99. The topological polar surface area (TPSA) is 110 Å². The Hall–Kier alpha value is -3.94. The van der Waals surface area contributed by atoms with Gasteiger partial charge in [-0.1, -0.05) is 30.3 Å². The van der Waals surface area contributed by atoms with E-state index in [4.69, 9.17) is 20.4 Å². The lowest BCUT2D eigenvalue weighted by atomic mass is 10.1. The van der Waals surface area contributed by atoms with Crippen LogP contribution in [-0.2, 0) is 11.3 Å². The predicted molar refractivity (Wildman–Crippen MR) is 115 cm³/mol. The van der Waals surface area contributed by atoms with Crippen LogP contribution in [0.25, 0.3) is 11.1 Å². The van der Waals surface area contributed by atoms with Gasteiger partial charge in [-0.3, -0.25) is 4.79 Å². The standard InChI is InChI=1S/C20H19FN4O.C2H4O2/c1-26-18-5-3-2-4-16(18)13-24-20(22)25-19-12-15(10-11-23-19)14-6-8-17(21)9-7-14;1-2(3)4/h2-12H,13H2,1H3,(H3,22,23,24,25);1H3,(H,3,4). The summed E-state index contributed by atoms with van der Waals surface area (Å²) in [5.41, 5.74) is 8.69. The second kappa shape index (κ2) is 11.2. The number of anilines is 1. The first-order chi connectivity index (χ1) is 14.4. The van der Waals surface area contributed by atoms with Gasteiger partial charge in [-0.15, -0.1) is 0 Å². The van der Waals surface area contributed by atoms with E-state index in [0.29, 0.717) is 12.4 Å². The Balaban J connectivity index is 0.000000735. The fourth-order valence-electron chi connectivity index (χ4n) is 2.50. The van der Waals surface area contributed by atoms with Crippen molar-refractivity contribution < 1.29 is 19.0 Å². The maximum atomic E-state index is 13.1. The number of nitrogens with one attached hydrogen (secondary N) is 1. The predicted octanol–water partition coefficient (Wildman–Crippen LogP) is 3.91. The van der Waals surface area contributed by atoms with Gasteiger partial charge in [-0.05, 0) is 41.5 Å². The number of carboxylic acids is 1. The van der Waals surface area contributed by atoms with Crippen LogP contribution in [0.4, 0.5) is 10.2 Å². The number of benzene rings is 2. The first kappa shape index (κ1) is 22.4. The largest absolute Gasteiger partial charge is 0.496 e. The molecule has 3 aromatic rings. The third kappa shape index (κ3) is 7.23. The number of pyridine rings is 1. The number of carboxylic acid groups (broad SMARTS) is 1. The fourth-order valence-corrected chi connectivity index (χ4v) is 2.50. The van der Waals surface area contributed by atoms with E-state index >= 15 is 0 Å². The quantitative estimate of drug-likeness (QED) is 0.434. The van der Waals surface area contributed by atoms with E-state index in [0.717, 1.165) is 29.4 Å². The van der Waals surface area contributed by atoms with Crippen molar-refractivity contribution in [2.45, 2.75) is 13.5 Å². The molecule has 0 aliphatic heterocycles. The molecule has 8 heteroatoms. The summed E-state index contributed by atoms with van der Waals surface area (Å²) in [7, 11) is 1.62. The highest BCUT2D eigenvalue weighted by molar-refractivity contribution is 5.91. The number of nitrogens with zero attached hydrogens (tertiary/aromatic N) is 2. The number of halogens is 1. The van der Waals surface area contributed by atoms with E-state index in [2.05, 4.69) is 15.3 Å². The first-order valence-electron chi connectivity index (χ1n) is 8.99. The van der Waals surface area contributed by atoms with E-state index in [-0.39, 0.29) is 11.8 Å². The molecule has 0 radical (unpaired) electrons. The van der Waals surface area contributed by atoms with Gasteiger partial charge in [0.2, 0.25) is 0 Å². The summed E-state index contributed by atoms with van der Waals surface area (Å²) >= 11 is 0. The normalized spacial score (nSPS) is 10.6.